The van der Waals surface area contributed by atoms with Gasteiger partial charge in [0.2, 0.25) is 0 Å². The van der Waals surface area contributed by atoms with E-state index in [0.717, 1.165) is 41.9 Å². The predicted molar refractivity (Wildman–Crippen MR) is 94.0 cm³/mol. The summed E-state index contributed by atoms with van der Waals surface area (Å²) < 4.78 is 0. The van der Waals surface area contributed by atoms with E-state index < -0.39 is 0 Å². The Balaban J connectivity index is 2.08. The Morgan fingerprint density at radius 2 is 2.00 bits per heavy atom. The number of nitrogens with one attached hydrogen (secondary N) is 2. The lowest BCUT2D eigenvalue weighted by Gasteiger charge is -2.12. The van der Waals surface area contributed by atoms with Gasteiger partial charge in [0.05, 0.1) is 12.1 Å². The summed E-state index contributed by atoms with van der Waals surface area (Å²) in [6.45, 7) is 8.98. The van der Waals surface area contributed by atoms with Crippen LogP contribution < -0.4 is 10.6 Å². The number of nitrogens with zero attached hydrogens (tertiary/aromatic N) is 2. The molecule has 2 rings (SSSR count). The first-order valence-corrected chi connectivity index (χ1v) is 8.05. The molecule has 0 aliphatic heterocycles. The second-order valence-corrected chi connectivity index (χ2v) is 5.80. The molecule has 2 N–H and O–H groups in total. The molecule has 0 amide bonds. The van der Waals surface area contributed by atoms with E-state index in [4.69, 9.17) is 0 Å². The van der Waals surface area contributed by atoms with E-state index in [1.165, 1.54) is 0 Å². The molecule has 0 aliphatic rings. The first kappa shape index (κ1) is 16.3. The molecule has 22 heavy (non-hydrogen) atoms. The van der Waals surface area contributed by atoms with Gasteiger partial charge in [-0.15, -0.1) is 0 Å². The number of guanidine groups is 1. The third-order valence-corrected chi connectivity index (χ3v) is 3.48. The van der Waals surface area contributed by atoms with Crippen LogP contribution in [0.25, 0.3) is 10.9 Å². The van der Waals surface area contributed by atoms with Crippen LogP contribution >= 0.6 is 0 Å². The molecule has 0 saturated heterocycles. The molecule has 1 aromatic heterocycles. The van der Waals surface area contributed by atoms with Crippen molar-refractivity contribution in [3.63, 3.8) is 0 Å². The number of aromatic nitrogens is 1. The molecule has 1 heterocycles. The van der Waals surface area contributed by atoms with Crippen molar-refractivity contribution in [1.29, 1.82) is 0 Å². The van der Waals surface area contributed by atoms with Crippen LogP contribution in [0.2, 0.25) is 0 Å². The Kier molecular flexibility index (Phi) is 6.19. The Morgan fingerprint density at radius 3 is 2.77 bits per heavy atom. The van der Waals surface area contributed by atoms with Crippen LogP contribution in [0.4, 0.5) is 0 Å². The molecule has 118 valence electrons. The molecule has 0 unspecified atom stereocenters. The zero-order chi connectivity index (χ0) is 15.8. The molecular weight excluding hydrogens is 272 g/mol. The van der Waals surface area contributed by atoms with Gasteiger partial charge >= 0.3 is 0 Å². The topological polar surface area (TPSA) is 49.3 Å². The van der Waals surface area contributed by atoms with Gasteiger partial charge in [0.1, 0.15) is 0 Å². The van der Waals surface area contributed by atoms with Crippen molar-refractivity contribution < 1.29 is 0 Å². The number of aliphatic imine (C=N–C) groups is 1. The van der Waals surface area contributed by atoms with Gasteiger partial charge in [-0.2, -0.15) is 0 Å². The van der Waals surface area contributed by atoms with E-state index in [9.17, 15) is 0 Å². The van der Waals surface area contributed by atoms with E-state index in [2.05, 4.69) is 65.6 Å². The quantitative estimate of drug-likeness (QED) is 0.635. The minimum atomic E-state index is 0.630. The molecule has 0 radical (unpaired) electrons. The van der Waals surface area contributed by atoms with Gasteiger partial charge in [0, 0.05) is 24.7 Å². The van der Waals surface area contributed by atoms with Crippen LogP contribution in [0.5, 0.6) is 0 Å². The van der Waals surface area contributed by atoms with Crippen molar-refractivity contribution in [3.8, 4) is 0 Å². The second kappa shape index (κ2) is 8.37. The van der Waals surface area contributed by atoms with Gasteiger partial charge < -0.3 is 10.6 Å². The fraction of sp³-hybridized carbons (Fsp3) is 0.444. The van der Waals surface area contributed by atoms with Gasteiger partial charge in [-0.1, -0.05) is 38.1 Å². The Labute approximate surface area is 133 Å². The number of fused-ring (bicyclic) bond motifs is 1. The Hall–Kier alpha value is -2.10. The highest BCUT2D eigenvalue weighted by Gasteiger charge is 2.02. The molecule has 0 atom stereocenters. The van der Waals surface area contributed by atoms with Crippen molar-refractivity contribution in [2.75, 3.05) is 13.1 Å². The highest BCUT2D eigenvalue weighted by atomic mass is 15.2. The SMILES string of the molecule is CCNC(=NCc1cccc2cccnc12)NCCC(C)C. The minimum absolute atomic E-state index is 0.630. The lowest BCUT2D eigenvalue weighted by Crippen LogP contribution is -2.38. The molecule has 2 aromatic rings. The molecule has 0 spiro atoms. The predicted octanol–water partition coefficient (Wildman–Crippen LogP) is 3.34. The average molecular weight is 298 g/mol. The monoisotopic (exact) mass is 298 g/mol. The van der Waals surface area contributed by atoms with Gasteiger partial charge in [-0.3, -0.25) is 4.98 Å². The second-order valence-electron chi connectivity index (χ2n) is 5.80. The highest BCUT2D eigenvalue weighted by molar-refractivity contribution is 5.83. The molecule has 0 bridgehead atoms. The first-order chi connectivity index (χ1) is 10.7. The summed E-state index contributed by atoms with van der Waals surface area (Å²) in [5.41, 5.74) is 2.19. The maximum atomic E-state index is 4.69. The van der Waals surface area contributed by atoms with Gasteiger partial charge in [-0.25, -0.2) is 4.99 Å². The summed E-state index contributed by atoms with van der Waals surface area (Å²) in [6.07, 6.45) is 2.97. The summed E-state index contributed by atoms with van der Waals surface area (Å²) in [5.74, 6) is 1.56. The normalized spacial score (nSPS) is 11.9. The van der Waals surface area contributed by atoms with Crippen molar-refractivity contribution in [2.24, 2.45) is 10.9 Å². The van der Waals surface area contributed by atoms with Crippen LogP contribution in [-0.4, -0.2) is 24.0 Å². The van der Waals surface area contributed by atoms with E-state index in [-0.39, 0.29) is 0 Å². The van der Waals surface area contributed by atoms with E-state index in [1.54, 1.807) is 0 Å². The first-order valence-electron chi connectivity index (χ1n) is 8.05. The Bertz CT molecular complexity index is 614. The molecule has 0 aliphatic carbocycles. The third-order valence-electron chi connectivity index (χ3n) is 3.48. The van der Waals surface area contributed by atoms with Gasteiger partial charge in [0.15, 0.2) is 5.96 Å². The zero-order valence-corrected chi connectivity index (χ0v) is 13.8. The number of hydrogen-bond acceptors (Lipinski definition) is 2. The van der Waals surface area contributed by atoms with E-state index in [1.807, 2.05) is 12.3 Å². The molecule has 0 saturated carbocycles. The Morgan fingerprint density at radius 1 is 1.18 bits per heavy atom. The lowest BCUT2D eigenvalue weighted by atomic mass is 10.1. The molecule has 4 nitrogen and oxygen atoms in total. The van der Waals surface area contributed by atoms with Crippen LogP contribution in [0.15, 0.2) is 41.5 Å². The summed E-state index contributed by atoms with van der Waals surface area (Å²) in [6, 6.07) is 10.3. The summed E-state index contributed by atoms with van der Waals surface area (Å²) >= 11 is 0. The van der Waals surface area contributed by atoms with Crippen molar-refractivity contribution in [1.82, 2.24) is 15.6 Å². The lowest BCUT2D eigenvalue weighted by molar-refractivity contribution is 0.573. The maximum Gasteiger partial charge on any atom is 0.191 e. The van der Waals surface area contributed by atoms with Crippen LogP contribution in [0.1, 0.15) is 32.8 Å². The minimum Gasteiger partial charge on any atom is -0.357 e. The van der Waals surface area contributed by atoms with Gasteiger partial charge in [0.25, 0.3) is 0 Å². The smallest absolute Gasteiger partial charge is 0.191 e. The van der Waals surface area contributed by atoms with Crippen LogP contribution in [0, 0.1) is 5.92 Å². The molecule has 0 fully saturated rings. The number of benzene rings is 1. The molecular formula is C18H26N4. The van der Waals surface area contributed by atoms with Crippen LogP contribution in [-0.2, 0) is 6.54 Å². The summed E-state index contributed by atoms with van der Waals surface area (Å²) in [7, 11) is 0. The van der Waals surface area contributed by atoms with Crippen molar-refractivity contribution in [3.05, 3.63) is 42.1 Å². The number of hydrogen-bond donors (Lipinski definition) is 2. The van der Waals surface area contributed by atoms with E-state index >= 15 is 0 Å². The summed E-state index contributed by atoms with van der Waals surface area (Å²) in [4.78, 5) is 9.17. The number of rotatable bonds is 6. The van der Waals surface area contributed by atoms with Crippen molar-refractivity contribution in [2.45, 2.75) is 33.7 Å². The highest BCUT2D eigenvalue weighted by Crippen LogP contribution is 2.16. The fourth-order valence-corrected chi connectivity index (χ4v) is 2.28. The fourth-order valence-electron chi connectivity index (χ4n) is 2.28. The van der Waals surface area contributed by atoms with Crippen LogP contribution in [0.3, 0.4) is 0 Å². The number of para-hydroxylation sites is 1. The largest absolute Gasteiger partial charge is 0.357 e. The van der Waals surface area contributed by atoms with Gasteiger partial charge in [-0.05, 0) is 30.9 Å². The standard InChI is InChI=1S/C18H26N4/c1-4-19-18(21-12-10-14(2)3)22-13-16-8-5-7-15-9-6-11-20-17(15)16/h5-9,11,14H,4,10,12-13H2,1-3H3,(H2,19,21,22). The zero-order valence-electron chi connectivity index (χ0n) is 13.8. The molecule has 1 aromatic carbocycles. The average Bonchev–Trinajstić information content (AvgIpc) is 2.52. The van der Waals surface area contributed by atoms with E-state index in [0.29, 0.717) is 12.5 Å². The maximum absolute atomic E-state index is 4.69. The third kappa shape index (κ3) is 4.72. The molecule has 4 heteroatoms. The van der Waals surface area contributed by atoms with Crippen molar-refractivity contribution >= 4 is 16.9 Å². The summed E-state index contributed by atoms with van der Waals surface area (Å²) in [5, 5.41) is 7.84. The number of pyridine rings is 1.